The maximum atomic E-state index is 8.83. The van der Waals surface area contributed by atoms with Crippen LogP contribution in [0.15, 0.2) is 48.9 Å². The van der Waals surface area contributed by atoms with Crippen molar-refractivity contribution in [3.8, 4) is 0 Å². The van der Waals surface area contributed by atoms with Gasteiger partial charge in [-0.1, -0.05) is 6.07 Å². The van der Waals surface area contributed by atoms with Gasteiger partial charge in [0.1, 0.15) is 0 Å². The number of thiocarbonyl (C=S) groups is 1. The summed E-state index contributed by atoms with van der Waals surface area (Å²) < 4.78 is 0. The number of hydrogen-bond acceptors (Lipinski definition) is 4. The highest BCUT2D eigenvalue weighted by molar-refractivity contribution is 7.80. The van der Waals surface area contributed by atoms with Crippen molar-refractivity contribution in [3.63, 3.8) is 0 Å². The van der Waals surface area contributed by atoms with E-state index in [1.165, 1.54) is 0 Å². The highest BCUT2D eigenvalue weighted by Gasteiger charge is 2.14. The van der Waals surface area contributed by atoms with Crippen LogP contribution in [0.4, 0.5) is 0 Å². The second-order valence-electron chi connectivity index (χ2n) is 4.48. The van der Waals surface area contributed by atoms with Crippen LogP contribution in [-0.4, -0.2) is 33.3 Å². The van der Waals surface area contributed by atoms with E-state index in [1.807, 2.05) is 30.3 Å². The Morgan fingerprint density at radius 1 is 1.19 bits per heavy atom. The summed E-state index contributed by atoms with van der Waals surface area (Å²) in [4.78, 5) is 8.39. The van der Waals surface area contributed by atoms with Crippen molar-refractivity contribution in [1.29, 1.82) is 0 Å². The SMILES string of the molecule is OCCNC(=S)NC(Cc1ccccn1)c1ccncc1. The van der Waals surface area contributed by atoms with Crippen LogP contribution in [0.1, 0.15) is 17.3 Å². The lowest BCUT2D eigenvalue weighted by Crippen LogP contribution is -2.39. The molecule has 0 saturated carbocycles. The number of nitrogens with one attached hydrogen (secondary N) is 2. The summed E-state index contributed by atoms with van der Waals surface area (Å²) in [5.74, 6) is 0. The van der Waals surface area contributed by atoms with Crippen molar-refractivity contribution in [2.45, 2.75) is 12.5 Å². The Balaban J connectivity index is 2.09. The van der Waals surface area contributed by atoms with E-state index in [4.69, 9.17) is 17.3 Å². The van der Waals surface area contributed by atoms with Gasteiger partial charge in [0.25, 0.3) is 0 Å². The molecule has 0 bridgehead atoms. The smallest absolute Gasteiger partial charge is 0.166 e. The largest absolute Gasteiger partial charge is 0.395 e. The fraction of sp³-hybridized carbons (Fsp3) is 0.267. The lowest BCUT2D eigenvalue weighted by Gasteiger charge is -2.21. The van der Waals surface area contributed by atoms with E-state index in [-0.39, 0.29) is 12.6 Å². The first kappa shape index (κ1) is 15.3. The molecule has 6 heteroatoms. The number of pyridine rings is 2. The van der Waals surface area contributed by atoms with Crippen molar-refractivity contribution >= 4 is 17.3 Å². The number of aromatic nitrogens is 2. The van der Waals surface area contributed by atoms with Gasteiger partial charge in [-0.2, -0.15) is 0 Å². The van der Waals surface area contributed by atoms with Gasteiger partial charge < -0.3 is 15.7 Å². The van der Waals surface area contributed by atoms with Crippen LogP contribution in [0.25, 0.3) is 0 Å². The van der Waals surface area contributed by atoms with Crippen molar-refractivity contribution in [1.82, 2.24) is 20.6 Å². The number of nitrogens with zero attached hydrogens (tertiary/aromatic N) is 2. The molecular formula is C15H18N4OS. The van der Waals surface area contributed by atoms with E-state index in [1.54, 1.807) is 18.6 Å². The fourth-order valence-corrected chi connectivity index (χ4v) is 2.20. The number of rotatable bonds is 6. The molecule has 0 saturated heterocycles. The Bertz CT molecular complexity index is 550. The van der Waals surface area contributed by atoms with Crippen LogP contribution in [0.3, 0.4) is 0 Å². The minimum Gasteiger partial charge on any atom is -0.395 e. The van der Waals surface area contributed by atoms with Gasteiger partial charge in [0.2, 0.25) is 0 Å². The Kier molecular flexibility index (Phi) is 6.05. The third-order valence-corrected chi connectivity index (χ3v) is 3.21. The standard InChI is InChI=1S/C15H18N4OS/c20-10-9-18-15(21)19-14(12-4-7-16-8-5-12)11-13-3-1-2-6-17-13/h1-8,14,20H,9-11H2,(H2,18,19,21). The molecule has 0 aliphatic rings. The van der Waals surface area contributed by atoms with Crippen LogP contribution < -0.4 is 10.6 Å². The molecular weight excluding hydrogens is 284 g/mol. The summed E-state index contributed by atoms with van der Waals surface area (Å²) in [7, 11) is 0. The maximum absolute atomic E-state index is 8.83. The van der Waals surface area contributed by atoms with E-state index < -0.39 is 0 Å². The molecule has 2 rings (SSSR count). The summed E-state index contributed by atoms with van der Waals surface area (Å²) in [6.45, 7) is 0.473. The molecule has 0 amide bonds. The average molecular weight is 302 g/mol. The minimum absolute atomic E-state index is 0.00147. The first-order chi connectivity index (χ1) is 10.3. The van der Waals surface area contributed by atoms with E-state index in [9.17, 15) is 0 Å². The number of aliphatic hydroxyl groups is 1. The average Bonchev–Trinajstić information content (AvgIpc) is 2.54. The van der Waals surface area contributed by atoms with Crippen LogP contribution >= 0.6 is 12.2 Å². The molecule has 0 fully saturated rings. The predicted molar refractivity (Wildman–Crippen MR) is 85.7 cm³/mol. The van der Waals surface area contributed by atoms with E-state index in [2.05, 4.69) is 20.6 Å². The minimum atomic E-state index is 0.00147. The molecule has 0 aliphatic carbocycles. The molecule has 1 atom stereocenters. The Labute approximate surface area is 129 Å². The zero-order valence-corrected chi connectivity index (χ0v) is 12.4. The molecule has 5 nitrogen and oxygen atoms in total. The van der Waals surface area contributed by atoms with Crippen molar-refractivity contribution in [3.05, 3.63) is 60.2 Å². The Hall–Kier alpha value is -2.05. The molecule has 0 aliphatic heterocycles. The van der Waals surface area contributed by atoms with E-state index in [0.29, 0.717) is 18.1 Å². The van der Waals surface area contributed by atoms with Gasteiger partial charge in [-0.05, 0) is 42.0 Å². The molecule has 1 unspecified atom stereocenters. The molecule has 0 spiro atoms. The quantitative estimate of drug-likeness (QED) is 0.697. The molecule has 2 heterocycles. The molecule has 2 aromatic rings. The van der Waals surface area contributed by atoms with Crippen LogP contribution in [-0.2, 0) is 6.42 Å². The molecule has 2 aromatic heterocycles. The van der Waals surface area contributed by atoms with Crippen LogP contribution in [0, 0.1) is 0 Å². The van der Waals surface area contributed by atoms with Gasteiger partial charge in [-0.3, -0.25) is 9.97 Å². The van der Waals surface area contributed by atoms with Crippen LogP contribution in [0.5, 0.6) is 0 Å². The third kappa shape index (κ3) is 5.09. The lowest BCUT2D eigenvalue weighted by molar-refractivity contribution is 0.300. The third-order valence-electron chi connectivity index (χ3n) is 2.95. The molecule has 0 aromatic carbocycles. The maximum Gasteiger partial charge on any atom is 0.166 e. The molecule has 0 radical (unpaired) electrons. The number of hydrogen-bond donors (Lipinski definition) is 3. The second-order valence-corrected chi connectivity index (χ2v) is 4.89. The van der Waals surface area contributed by atoms with Gasteiger partial charge in [0.05, 0.1) is 12.6 Å². The number of aliphatic hydroxyl groups excluding tert-OH is 1. The molecule has 110 valence electrons. The first-order valence-electron chi connectivity index (χ1n) is 6.74. The van der Waals surface area contributed by atoms with Gasteiger partial charge in [-0.15, -0.1) is 0 Å². The molecule has 3 N–H and O–H groups in total. The highest BCUT2D eigenvalue weighted by atomic mass is 32.1. The first-order valence-corrected chi connectivity index (χ1v) is 7.15. The van der Waals surface area contributed by atoms with E-state index >= 15 is 0 Å². The summed E-state index contributed by atoms with van der Waals surface area (Å²) in [6.07, 6.45) is 6.01. The summed E-state index contributed by atoms with van der Waals surface area (Å²) in [5.41, 5.74) is 2.07. The summed E-state index contributed by atoms with van der Waals surface area (Å²) >= 11 is 5.24. The second kappa shape index (κ2) is 8.28. The van der Waals surface area contributed by atoms with Gasteiger partial charge in [-0.25, -0.2) is 0 Å². The zero-order chi connectivity index (χ0) is 14.9. The van der Waals surface area contributed by atoms with Gasteiger partial charge >= 0.3 is 0 Å². The topological polar surface area (TPSA) is 70.1 Å². The van der Waals surface area contributed by atoms with Gasteiger partial charge in [0.15, 0.2) is 5.11 Å². The van der Waals surface area contributed by atoms with Crippen molar-refractivity contribution in [2.24, 2.45) is 0 Å². The van der Waals surface area contributed by atoms with Gasteiger partial charge in [0, 0.05) is 37.3 Å². The fourth-order valence-electron chi connectivity index (χ4n) is 1.95. The predicted octanol–water partition coefficient (Wildman–Crippen LogP) is 1.22. The summed E-state index contributed by atoms with van der Waals surface area (Å²) in [5, 5.41) is 15.6. The monoisotopic (exact) mass is 302 g/mol. The highest BCUT2D eigenvalue weighted by Crippen LogP contribution is 2.16. The molecule has 21 heavy (non-hydrogen) atoms. The van der Waals surface area contributed by atoms with Crippen LogP contribution in [0.2, 0.25) is 0 Å². The van der Waals surface area contributed by atoms with E-state index in [0.717, 1.165) is 11.3 Å². The summed E-state index contributed by atoms with van der Waals surface area (Å²) in [6, 6.07) is 9.76. The lowest BCUT2D eigenvalue weighted by atomic mass is 10.0. The Morgan fingerprint density at radius 2 is 2.00 bits per heavy atom. The van der Waals surface area contributed by atoms with Crippen molar-refractivity contribution < 1.29 is 5.11 Å². The normalized spacial score (nSPS) is 11.7. The zero-order valence-electron chi connectivity index (χ0n) is 11.6. The van der Waals surface area contributed by atoms with Crippen molar-refractivity contribution in [2.75, 3.05) is 13.2 Å². The Morgan fingerprint density at radius 3 is 2.67 bits per heavy atom.